The molecule has 0 radical (unpaired) electrons. The summed E-state index contributed by atoms with van der Waals surface area (Å²) in [5.41, 5.74) is 1.21. The first-order valence-electron chi connectivity index (χ1n) is 9.43. The number of aromatic nitrogens is 1. The van der Waals surface area contributed by atoms with Crippen LogP contribution in [0.1, 0.15) is 35.7 Å². The Morgan fingerprint density at radius 3 is 2.41 bits per heavy atom. The highest BCUT2D eigenvalue weighted by Crippen LogP contribution is 2.13. The minimum absolute atomic E-state index is 0.176. The van der Waals surface area contributed by atoms with Gasteiger partial charge in [0.15, 0.2) is 5.78 Å². The minimum atomic E-state index is -0.216. The van der Waals surface area contributed by atoms with Gasteiger partial charge in [0, 0.05) is 11.6 Å². The number of hydrogen-bond donors (Lipinski definition) is 1. The number of unbranched alkanes of at least 4 members (excludes halogenated alkanes) is 1. The third-order valence-electron chi connectivity index (χ3n) is 4.26. The van der Waals surface area contributed by atoms with Gasteiger partial charge in [-0.05, 0) is 54.5 Å². The van der Waals surface area contributed by atoms with E-state index < -0.39 is 0 Å². The second-order valence-corrected chi connectivity index (χ2v) is 7.52. The molecule has 0 unspecified atom stereocenters. The highest BCUT2D eigenvalue weighted by atomic mass is 32.1. The van der Waals surface area contributed by atoms with Crippen molar-refractivity contribution in [2.75, 3.05) is 13.7 Å². The van der Waals surface area contributed by atoms with Crippen LogP contribution in [0.4, 0.5) is 0 Å². The van der Waals surface area contributed by atoms with Crippen molar-refractivity contribution >= 4 is 29.3 Å². The highest BCUT2D eigenvalue weighted by molar-refractivity contribution is 7.07. The number of benzene rings is 2. The maximum absolute atomic E-state index is 12.4. The van der Waals surface area contributed by atoms with Crippen molar-refractivity contribution in [1.82, 2.24) is 4.98 Å². The molecular weight excluding hydrogens is 386 g/mol. The van der Waals surface area contributed by atoms with Gasteiger partial charge in [-0.2, -0.15) is 0 Å². The van der Waals surface area contributed by atoms with Gasteiger partial charge in [-0.1, -0.05) is 25.5 Å². The summed E-state index contributed by atoms with van der Waals surface area (Å²) in [4.78, 5) is 27.4. The molecule has 0 fully saturated rings. The molecule has 0 spiro atoms. The van der Waals surface area contributed by atoms with Crippen molar-refractivity contribution < 1.29 is 14.3 Å². The second-order valence-electron chi connectivity index (χ2n) is 6.44. The van der Waals surface area contributed by atoms with E-state index in [0.717, 1.165) is 24.2 Å². The van der Waals surface area contributed by atoms with Crippen molar-refractivity contribution in [3.05, 3.63) is 79.2 Å². The third-order valence-corrected chi connectivity index (χ3v) is 5.22. The van der Waals surface area contributed by atoms with E-state index in [1.165, 1.54) is 17.4 Å². The van der Waals surface area contributed by atoms with E-state index in [0.29, 0.717) is 27.1 Å². The Morgan fingerprint density at radius 1 is 1.07 bits per heavy atom. The fourth-order valence-electron chi connectivity index (χ4n) is 2.63. The maximum atomic E-state index is 12.4. The number of Topliss-reactive ketones (excluding diaryl/α,β-unsaturated/α-hetero) is 1. The number of H-pyrrole nitrogens is 1. The zero-order chi connectivity index (χ0) is 20.6. The molecule has 3 aromatic rings. The lowest BCUT2D eigenvalue weighted by molar-refractivity contribution is 0.106. The number of hydrogen-bond acceptors (Lipinski definition) is 5. The molecule has 0 saturated heterocycles. The summed E-state index contributed by atoms with van der Waals surface area (Å²) in [7, 11) is 1.57. The van der Waals surface area contributed by atoms with Gasteiger partial charge in [0.05, 0.1) is 22.9 Å². The normalized spacial score (nSPS) is 12.2. The van der Waals surface area contributed by atoms with Crippen molar-refractivity contribution in [1.29, 1.82) is 0 Å². The van der Waals surface area contributed by atoms with Gasteiger partial charge in [0.2, 0.25) is 0 Å². The summed E-state index contributed by atoms with van der Waals surface area (Å²) in [5.74, 6) is 1.32. The number of ketones is 1. The zero-order valence-electron chi connectivity index (χ0n) is 16.4. The Labute approximate surface area is 172 Å². The van der Waals surface area contributed by atoms with Crippen LogP contribution in [0.25, 0.3) is 12.2 Å². The van der Waals surface area contributed by atoms with E-state index in [9.17, 15) is 9.59 Å². The maximum Gasteiger partial charge on any atom is 0.266 e. The molecule has 29 heavy (non-hydrogen) atoms. The summed E-state index contributed by atoms with van der Waals surface area (Å²) in [6.07, 6.45) is 5.35. The van der Waals surface area contributed by atoms with Gasteiger partial charge in [-0.25, -0.2) is 0 Å². The Balaban J connectivity index is 1.79. The first-order chi connectivity index (χ1) is 14.1. The number of rotatable bonds is 8. The van der Waals surface area contributed by atoms with Crippen LogP contribution in [-0.4, -0.2) is 24.5 Å². The van der Waals surface area contributed by atoms with Crippen LogP contribution in [0.3, 0.4) is 0 Å². The number of nitrogens with one attached hydrogen (secondary N) is 1. The average Bonchev–Trinajstić information content (AvgIpc) is 3.08. The largest absolute Gasteiger partial charge is 0.497 e. The van der Waals surface area contributed by atoms with Crippen molar-refractivity contribution in [2.24, 2.45) is 0 Å². The fourth-order valence-corrected chi connectivity index (χ4v) is 3.51. The number of aromatic amines is 1. The predicted octanol–water partition coefficient (Wildman–Crippen LogP) is 3.12. The molecule has 0 aliphatic heterocycles. The van der Waals surface area contributed by atoms with Crippen molar-refractivity contribution in [3.8, 4) is 11.5 Å². The van der Waals surface area contributed by atoms with Gasteiger partial charge < -0.3 is 14.5 Å². The monoisotopic (exact) mass is 409 g/mol. The van der Waals surface area contributed by atoms with Crippen molar-refractivity contribution in [3.63, 3.8) is 0 Å². The Morgan fingerprint density at radius 2 is 1.76 bits per heavy atom. The predicted molar refractivity (Wildman–Crippen MR) is 116 cm³/mol. The molecule has 0 bridgehead atoms. The summed E-state index contributed by atoms with van der Waals surface area (Å²) >= 11 is 1.25. The standard InChI is InChI=1S/C23H23NO4S/c1-3-4-13-28-19-9-5-16(6-10-19)14-21-23(26)24-22(29-21)15-20(25)17-7-11-18(27-2)12-8-17/h5-12,14-15H,3-4,13H2,1-2H3,(H,24,26). The van der Waals surface area contributed by atoms with Gasteiger partial charge >= 0.3 is 0 Å². The van der Waals surface area contributed by atoms with Crippen molar-refractivity contribution in [2.45, 2.75) is 19.8 Å². The van der Waals surface area contributed by atoms with Gasteiger partial charge in [-0.15, -0.1) is 11.3 Å². The smallest absolute Gasteiger partial charge is 0.266 e. The highest BCUT2D eigenvalue weighted by Gasteiger charge is 2.04. The van der Waals surface area contributed by atoms with Crippen LogP contribution in [0.5, 0.6) is 11.5 Å². The Kier molecular flexibility index (Phi) is 7.03. The lowest BCUT2D eigenvalue weighted by Gasteiger charge is -2.04. The minimum Gasteiger partial charge on any atom is -0.497 e. The SMILES string of the molecule is CCCCOc1ccc(C=c2sc(=CC(=O)c3ccc(OC)cc3)[nH]c2=O)cc1. The van der Waals surface area contributed by atoms with Crippen LogP contribution >= 0.6 is 11.3 Å². The molecule has 0 saturated carbocycles. The lowest BCUT2D eigenvalue weighted by Crippen LogP contribution is -2.20. The van der Waals surface area contributed by atoms with E-state index in [4.69, 9.17) is 9.47 Å². The fraction of sp³-hybridized carbons (Fsp3) is 0.217. The number of carbonyl (C=O) groups is 1. The Hall–Kier alpha value is -3.12. The molecule has 2 aromatic carbocycles. The molecular formula is C23H23NO4S. The molecule has 0 amide bonds. The van der Waals surface area contributed by atoms with Gasteiger partial charge in [0.25, 0.3) is 5.56 Å². The topological polar surface area (TPSA) is 68.4 Å². The van der Waals surface area contributed by atoms with E-state index in [1.807, 2.05) is 24.3 Å². The van der Waals surface area contributed by atoms with Crippen LogP contribution in [-0.2, 0) is 0 Å². The zero-order valence-corrected chi connectivity index (χ0v) is 17.3. The van der Waals surface area contributed by atoms with Crippen LogP contribution < -0.4 is 24.2 Å². The van der Waals surface area contributed by atoms with Crippen LogP contribution in [0.2, 0.25) is 0 Å². The second kappa shape index (κ2) is 9.89. The molecule has 6 heteroatoms. The van der Waals surface area contributed by atoms with E-state index >= 15 is 0 Å². The Bertz CT molecular complexity index is 1130. The molecule has 1 heterocycles. The molecule has 0 atom stereocenters. The quantitative estimate of drug-likeness (QED) is 0.459. The molecule has 3 rings (SSSR count). The molecule has 5 nitrogen and oxygen atoms in total. The first kappa shape index (κ1) is 20.6. The third kappa shape index (κ3) is 5.68. The summed E-state index contributed by atoms with van der Waals surface area (Å²) in [5, 5.41) is 0. The molecule has 0 aliphatic carbocycles. The van der Waals surface area contributed by atoms with Gasteiger partial charge in [-0.3, -0.25) is 9.59 Å². The van der Waals surface area contributed by atoms with Gasteiger partial charge in [0.1, 0.15) is 11.5 Å². The number of ether oxygens (including phenoxy) is 2. The molecule has 1 aromatic heterocycles. The lowest BCUT2D eigenvalue weighted by atomic mass is 10.1. The molecule has 150 valence electrons. The first-order valence-corrected chi connectivity index (χ1v) is 10.2. The molecule has 0 aliphatic rings. The number of thiazole rings is 1. The average molecular weight is 410 g/mol. The van der Waals surface area contributed by atoms with E-state index in [1.54, 1.807) is 37.5 Å². The van der Waals surface area contributed by atoms with E-state index in [-0.39, 0.29) is 11.3 Å². The van der Waals surface area contributed by atoms with Crippen LogP contribution in [0.15, 0.2) is 53.3 Å². The van der Waals surface area contributed by atoms with Crippen LogP contribution in [0, 0.1) is 0 Å². The molecule has 1 N–H and O–H groups in total. The number of carbonyl (C=O) groups excluding carboxylic acids is 1. The summed E-state index contributed by atoms with van der Waals surface area (Å²) < 4.78 is 11.8. The summed E-state index contributed by atoms with van der Waals surface area (Å²) in [6.45, 7) is 2.82. The number of methoxy groups -OCH3 is 1. The summed E-state index contributed by atoms with van der Waals surface area (Å²) in [6, 6.07) is 14.5. The van der Waals surface area contributed by atoms with E-state index in [2.05, 4.69) is 11.9 Å².